The van der Waals surface area contributed by atoms with Gasteiger partial charge in [-0.25, -0.2) is 4.79 Å². The van der Waals surface area contributed by atoms with E-state index in [0.717, 1.165) is 22.6 Å². The molecule has 0 saturated carbocycles. The highest BCUT2D eigenvalue weighted by atomic mass is 16.5. The zero-order valence-corrected chi connectivity index (χ0v) is 13.6. The van der Waals surface area contributed by atoms with Crippen molar-refractivity contribution in [3.63, 3.8) is 0 Å². The summed E-state index contributed by atoms with van der Waals surface area (Å²) in [5.41, 5.74) is 1.95. The van der Waals surface area contributed by atoms with Crippen LogP contribution in [0.2, 0.25) is 0 Å². The van der Waals surface area contributed by atoms with Crippen LogP contribution in [0.1, 0.15) is 31.1 Å². The molecule has 0 aliphatic carbocycles. The van der Waals surface area contributed by atoms with Crippen LogP contribution in [0.4, 0.5) is 5.69 Å². The van der Waals surface area contributed by atoms with E-state index < -0.39 is 11.5 Å². The van der Waals surface area contributed by atoms with Crippen LogP contribution >= 0.6 is 0 Å². The van der Waals surface area contributed by atoms with E-state index in [4.69, 9.17) is 4.74 Å². The molecule has 1 aliphatic rings. The van der Waals surface area contributed by atoms with Crippen LogP contribution in [0.5, 0.6) is 5.75 Å². The van der Waals surface area contributed by atoms with Crippen molar-refractivity contribution < 1.29 is 14.6 Å². The first-order valence-corrected chi connectivity index (χ1v) is 7.73. The number of aryl methyl sites for hydroxylation is 1. The highest BCUT2D eigenvalue weighted by molar-refractivity contribution is 5.84. The minimum Gasteiger partial charge on any atom is -0.482 e. The predicted molar refractivity (Wildman–Crippen MR) is 90.1 cm³/mol. The Balaban J connectivity index is 2.07. The molecule has 120 valence electrons. The van der Waals surface area contributed by atoms with Crippen molar-refractivity contribution in [2.45, 2.75) is 32.4 Å². The van der Waals surface area contributed by atoms with Gasteiger partial charge in [-0.05, 0) is 44.0 Å². The highest BCUT2D eigenvalue weighted by Crippen LogP contribution is 2.42. The second-order valence-corrected chi connectivity index (χ2v) is 6.46. The Morgan fingerprint density at radius 3 is 2.57 bits per heavy atom. The van der Waals surface area contributed by atoms with Crippen molar-refractivity contribution in [2.75, 3.05) is 11.4 Å². The maximum atomic E-state index is 11.8. The lowest BCUT2D eigenvalue weighted by Crippen LogP contribution is -2.54. The van der Waals surface area contributed by atoms with E-state index in [-0.39, 0.29) is 6.10 Å². The smallest absolute Gasteiger partial charge is 0.328 e. The average molecular weight is 311 g/mol. The van der Waals surface area contributed by atoms with Crippen LogP contribution in [0.15, 0.2) is 48.5 Å². The number of aliphatic carboxylic acids is 1. The van der Waals surface area contributed by atoms with E-state index in [1.54, 1.807) is 13.8 Å². The molecule has 0 bridgehead atoms. The summed E-state index contributed by atoms with van der Waals surface area (Å²) in [7, 11) is 0. The molecule has 4 nitrogen and oxygen atoms in total. The molecule has 0 fully saturated rings. The fourth-order valence-corrected chi connectivity index (χ4v) is 2.88. The van der Waals surface area contributed by atoms with Crippen molar-refractivity contribution in [3.05, 3.63) is 59.7 Å². The molecule has 1 aliphatic heterocycles. The normalized spacial score (nSPS) is 17.3. The first kappa shape index (κ1) is 15.4. The van der Waals surface area contributed by atoms with E-state index in [1.165, 1.54) is 0 Å². The minimum atomic E-state index is -1.01. The number of fused-ring (bicyclic) bond motifs is 1. The summed E-state index contributed by atoms with van der Waals surface area (Å²) < 4.78 is 6.17. The van der Waals surface area contributed by atoms with Gasteiger partial charge in [0, 0.05) is 0 Å². The van der Waals surface area contributed by atoms with Crippen LogP contribution in [0.25, 0.3) is 0 Å². The van der Waals surface area contributed by atoms with E-state index >= 15 is 0 Å². The van der Waals surface area contributed by atoms with Crippen molar-refractivity contribution in [1.82, 2.24) is 0 Å². The van der Waals surface area contributed by atoms with Gasteiger partial charge in [0.15, 0.2) is 0 Å². The lowest BCUT2D eigenvalue weighted by molar-refractivity contribution is -0.142. The predicted octanol–water partition coefficient (Wildman–Crippen LogP) is 3.80. The average Bonchev–Trinajstić information content (AvgIpc) is 2.54. The molecule has 4 heteroatoms. The summed E-state index contributed by atoms with van der Waals surface area (Å²) in [6.45, 7) is 5.96. The van der Waals surface area contributed by atoms with Gasteiger partial charge in [0.25, 0.3) is 0 Å². The van der Waals surface area contributed by atoms with Gasteiger partial charge < -0.3 is 14.7 Å². The molecule has 1 N–H and O–H groups in total. The molecular formula is C19H21NO3. The molecular weight excluding hydrogens is 290 g/mol. The van der Waals surface area contributed by atoms with Gasteiger partial charge in [-0.1, -0.05) is 36.4 Å². The largest absolute Gasteiger partial charge is 0.482 e. The van der Waals surface area contributed by atoms with Gasteiger partial charge in [0.05, 0.1) is 12.2 Å². The Bertz CT molecular complexity index is 725. The highest BCUT2D eigenvalue weighted by Gasteiger charge is 2.40. The summed E-state index contributed by atoms with van der Waals surface area (Å²) in [5, 5.41) is 9.65. The summed E-state index contributed by atoms with van der Waals surface area (Å²) in [5.74, 6) is -0.114. The molecule has 23 heavy (non-hydrogen) atoms. The van der Waals surface area contributed by atoms with Gasteiger partial charge in [-0.3, -0.25) is 0 Å². The van der Waals surface area contributed by atoms with Gasteiger partial charge >= 0.3 is 5.97 Å². The second-order valence-electron chi connectivity index (χ2n) is 6.46. The van der Waals surface area contributed by atoms with E-state index in [9.17, 15) is 9.90 Å². The van der Waals surface area contributed by atoms with Gasteiger partial charge in [0.2, 0.25) is 0 Å². The third-order valence-electron chi connectivity index (χ3n) is 4.39. The molecule has 1 unspecified atom stereocenters. The number of benzene rings is 2. The number of hydrogen-bond acceptors (Lipinski definition) is 3. The zero-order valence-electron chi connectivity index (χ0n) is 13.6. The van der Waals surface area contributed by atoms with Crippen molar-refractivity contribution in [1.29, 1.82) is 0 Å². The first-order chi connectivity index (χ1) is 10.9. The number of carbonyl (C=O) groups is 1. The van der Waals surface area contributed by atoms with Crippen LogP contribution < -0.4 is 9.64 Å². The minimum absolute atomic E-state index is 0.191. The Morgan fingerprint density at radius 1 is 1.22 bits per heavy atom. The van der Waals surface area contributed by atoms with Crippen molar-refractivity contribution in [2.24, 2.45) is 0 Å². The standard InChI is InChI=1S/C19H21NO3/c1-13-9-10-15-16(11-13)23-17(14-7-5-4-6-8-14)12-20(15)19(2,3)18(21)22/h4-11,17H,12H2,1-3H3,(H,21,22). The summed E-state index contributed by atoms with van der Waals surface area (Å²) >= 11 is 0. The molecule has 0 spiro atoms. The van der Waals surface area contributed by atoms with Gasteiger partial charge in [-0.15, -0.1) is 0 Å². The Hall–Kier alpha value is -2.49. The Morgan fingerprint density at radius 2 is 1.91 bits per heavy atom. The second kappa shape index (κ2) is 5.61. The molecule has 3 rings (SSSR count). The van der Waals surface area contributed by atoms with Crippen LogP contribution in [0.3, 0.4) is 0 Å². The maximum Gasteiger partial charge on any atom is 0.328 e. The molecule has 2 aromatic rings. The van der Waals surface area contributed by atoms with Crippen molar-refractivity contribution in [3.8, 4) is 5.75 Å². The monoisotopic (exact) mass is 311 g/mol. The SMILES string of the molecule is Cc1ccc2c(c1)OC(c1ccccc1)CN2C(C)(C)C(=O)O. The summed E-state index contributed by atoms with van der Waals surface area (Å²) in [6.07, 6.45) is -0.191. The molecule has 2 aromatic carbocycles. The maximum absolute atomic E-state index is 11.8. The number of anilines is 1. The molecule has 0 aromatic heterocycles. The zero-order chi connectivity index (χ0) is 16.6. The summed E-state index contributed by atoms with van der Waals surface area (Å²) in [4.78, 5) is 13.7. The Labute approximate surface area is 136 Å². The van der Waals surface area contributed by atoms with Crippen LogP contribution in [0, 0.1) is 6.92 Å². The third kappa shape index (κ3) is 2.77. The number of carboxylic acid groups (broad SMARTS) is 1. The molecule has 1 heterocycles. The molecule has 0 radical (unpaired) electrons. The fourth-order valence-electron chi connectivity index (χ4n) is 2.88. The number of ether oxygens (including phenoxy) is 1. The van der Waals surface area contributed by atoms with Crippen LogP contribution in [-0.4, -0.2) is 23.2 Å². The number of carboxylic acids is 1. The molecule has 0 saturated heterocycles. The van der Waals surface area contributed by atoms with Gasteiger partial charge in [-0.2, -0.15) is 0 Å². The van der Waals surface area contributed by atoms with E-state index in [0.29, 0.717) is 6.54 Å². The van der Waals surface area contributed by atoms with E-state index in [1.807, 2.05) is 60.4 Å². The molecule has 0 amide bonds. The lowest BCUT2D eigenvalue weighted by Gasteiger charge is -2.43. The van der Waals surface area contributed by atoms with Crippen molar-refractivity contribution >= 4 is 11.7 Å². The summed E-state index contributed by atoms with van der Waals surface area (Å²) in [6, 6.07) is 15.8. The number of nitrogens with zero attached hydrogens (tertiary/aromatic N) is 1. The quantitative estimate of drug-likeness (QED) is 0.936. The third-order valence-corrected chi connectivity index (χ3v) is 4.39. The first-order valence-electron chi connectivity index (χ1n) is 7.73. The number of hydrogen-bond donors (Lipinski definition) is 1. The van der Waals surface area contributed by atoms with Gasteiger partial charge in [0.1, 0.15) is 17.4 Å². The molecule has 1 atom stereocenters. The van der Waals surface area contributed by atoms with E-state index in [2.05, 4.69) is 0 Å². The topological polar surface area (TPSA) is 49.8 Å². The Kier molecular flexibility index (Phi) is 3.76. The lowest BCUT2D eigenvalue weighted by atomic mass is 9.97. The fraction of sp³-hybridized carbons (Fsp3) is 0.316. The number of rotatable bonds is 3. The van der Waals surface area contributed by atoms with Crippen LogP contribution in [-0.2, 0) is 4.79 Å².